The Kier molecular flexibility index (Phi) is 7.33. The molecule has 200 valence electrons. The van der Waals surface area contributed by atoms with Gasteiger partial charge in [-0.05, 0) is 41.5 Å². The number of Topliss-reactive ketones (excluding diaryl/α,β-unsaturated/α-hetero) is 1. The predicted molar refractivity (Wildman–Crippen MR) is 158 cm³/mol. The molecule has 0 saturated carbocycles. The average Bonchev–Trinajstić information content (AvgIpc) is 3.66. The maximum absolute atomic E-state index is 13.8. The largest absolute Gasteiger partial charge is 0.503 e. The van der Waals surface area contributed by atoms with Crippen molar-refractivity contribution in [2.24, 2.45) is 0 Å². The molecule has 2 aromatic heterocycles. The highest BCUT2D eigenvalue weighted by Gasteiger charge is 2.47. The van der Waals surface area contributed by atoms with Crippen molar-refractivity contribution in [3.8, 4) is 0 Å². The van der Waals surface area contributed by atoms with Crippen molar-refractivity contribution in [1.29, 1.82) is 0 Å². The van der Waals surface area contributed by atoms with Gasteiger partial charge in [-0.3, -0.25) is 14.5 Å². The minimum absolute atomic E-state index is 0.0179. The summed E-state index contributed by atoms with van der Waals surface area (Å²) in [4.78, 5) is 28.5. The third kappa shape index (κ3) is 4.88. The number of carbonyl (C=O) groups excluding carboxylic acids is 2. The Morgan fingerprint density at radius 3 is 2.52 bits per heavy atom. The van der Waals surface area contributed by atoms with Gasteiger partial charge in [0.25, 0.3) is 5.91 Å². The molecule has 1 aliphatic heterocycles. The Labute approximate surface area is 251 Å². The lowest BCUT2D eigenvalue weighted by atomic mass is 9.95. The summed E-state index contributed by atoms with van der Waals surface area (Å²) >= 11 is 21.3. The van der Waals surface area contributed by atoms with Gasteiger partial charge in [-0.2, -0.15) is 0 Å². The molecule has 0 aliphatic carbocycles. The number of hydrogen-bond donors (Lipinski definition) is 1. The minimum Gasteiger partial charge on any atom is -0.503 e. The standard InChI is InChI=1S/C28H16Cl3N3O4S2/c29-17-7-3-1-6-16(17)13-39-28-33-32-27(40-28)34-23(15-9-10-18(30)19(31)11-15)22(25(36)26(34)37)24(35)21-12-14-5-2-4-8-20(14)38-21/h1-12,23,36H,13H2. The van der Waals surface area contributed by atoms with Gasteiger partial charge in [0, 0.05) is 16.2 Å². The number of halogens is 3. The molecule has 0 saturated heterocycles. The van der Waals surface area contributed by atoms with Crippen LogP contribution in [0.25, 0.3) is 11.0 Å². The second-order valence-electron chi connectivity index (χ2n) is 8.72. The highest BCUT2D eigenvalue weighted by Crippen LogP contribution is 2.45. The number of aliphatic hydroxyl groups excluding tert-OH is 1. The van der Waals surface area contributed by atoms with E-state index in [1.54, 1.807) is 42.5 Å². The molecule has 12 heteroatoms. The molecule has 0 bridgehead atoms. The summed E-state index contributed by atoms with van der Waals surface area (Å²) in [5.41, 5.74) is 1.71. The van der Waals surface area contributed by atoms with E-state index in [2.05, 4.69) is 10.2 Å². The van der Waals surface area contributed by atoms with Gasteiger partial charge >= 0.3 is 0 Å². The van der Waals surface area contributed by atoms with Gasteiger partial charge in [-0.25, -0.2) is 0 Å². The lowest BCUT2D eigenvalue weighted by molar-refractivity contribution is -0.117. The van der Waals surface area contributed by atoms with Crippen LogP contribution in [0.5, 0.6) is 0 Å². The SMILES string of the molecule is O=C(C1=C(O)C(=O)N(c2nnc(SCc3ccccc3Cl)s2)C1c1ccc(Cl)c(Cl)c1)c1cc2ccccc2o1. The van der Waals surface area contributed by atoms with Crippen molar-refractivity contribution in [2.75, 3.05) is 4.90 Å². The van der Waals surface area contributed by atoms with Crippen molar-refractivity contribution in [1.82, 2.24) is 10.2 Å². The Morgan fingerprint density at radius 2 is 1.75 bits per heavy atom. The molecular weight excluding hydrogens is 613 g/mol. The van der Waals surface area contributed by atoms with E-state index >= 15 is 0 Å². The molecule has 0 radical (unpaired) electrons. The zero-order valence-corrected chi connectivity index (χ0v) is 24.1. The van der Waals surface area contributed by atoms with Crippen molar-refractivity contribution in [3.63, 3.8) is 0 Å². The van der Waals surface area contributed by atoms with E-state index in [1.807, 2.05) is 30.3 Å². The summed E-state index contributed by atoms with van der Waals surface area (Å²) in [5, 5.41) is 21.6. The number of carbonyl (C=O) groups is 2. The molecule has 1 unspecified atom stereocenters. The monoisotopic (exact) mass is 627 g/mol. The number of anilines is 1. The van der Waals surface area contributed by atoms with Crippen LogP contribution in [0.15, 0.2) is 92.9 Å². The molecule has 1 amide bonds. The van der Waals surface area contributed by atoms with Gasteiger partial charge in [0.2, 0.25) is 10.9 Å². The summed E-state index contributed by atoms with van der Waals surface area (Å²) in [6.45, 7) is 0. The topological polar surface area (TPSA) is 96.5 Å². The number of thioether (sulfide) groups is 1. The fourth-order valence-electron chi connectivity index (χ4n) is 4.37. The van der Waals surface area contributed by atoms with Crippen LogP contribution >= 0.6 is 57.9 Å². The van der Waals surface area contributed by atoms with E-state index in [9.17, 15) is 14.7 Å². The zero-order chi connectivity index (χ0) is 28.0. The smallest absolute Gasteiger partial charge is 0.296 e. The first-order valence-electron chi connectivity index (χ1n) is 11.8. The van der Waals surface area contributed by atoms with Crippen molar-refractivity contribution < 1.29 is 19.1 Å². The summed E-state index contributed by atoms with van der Waals surface area (Å²) < 4.78 is 6.35. The molecule has 3 aromatic carbocycles. The molecule has 1 atom stereocenters. The van der Waals surface area contributed by atoms with E-state index in [1.165, 1.54) is 16.7 Å². The molecule has 7 nitrogen and oxygen atoms in total. The van der Waals surface area contributed by atoms with Gasteiger partial charge in [0.15, 0.2) is 15.9 Å². The number of benzene rings is 3. The van der Waals surface area contributed by atoms with Crippen LogP contribution in [0.3, 0.4) is 0 Å². The second kappa shape index (κ2) is 10.9. The number of fused-ring (bicyclic) bond motifs is 1. The van der Waals surface area contributed by atoms with Crippen LogP contribution in [0.2, 0.25) is 15.1 Å². The Balaban J connectivity index is 1.38. The quantitative estimate of drug-likeness (QED) is 0.110. The first-order chi connectivity index (χ1) is 19.3. The normalized spacial score (nSPS) is 15.4. The molecule has 1 N–H and O–H groups in total. The second-order valence-corrected chi connectivity index (χ2v) is 12.1. The Morgan fingerprint density at radius 1 is 0.975 bits per heavy atom. The fraction of sp³-hybridized carbons (Fsp3) is 0.0714. The first-order valence-corrected chi connectivity index (χ1v) is 14.7. The first kappa shape index (κ1) is 26.9. The van der Waals surface area contributed by atoms with Crippen LogP contribution < -0.4 is 4.90 Å². The van der Waals surface area contributed by atoms with Gasteiger partial charge < -0.3 is 9.52 Å². The van der Waals surface area contributed by atoms with E-state index in [-0.39, 0.29) is 21.5 Å². The Bertz CT molecular complexity index is 1800. The fourth-order valence-corrected chi connectivity index (χ4v) is 6.83. The van der Waals surface area contributed by atoms with Crippen molar-refractivity contribution >= 4 is 85.7 Å². The molecule has 1 aliphatic rings. The summed E-state index contributed by atoms with van der Waals surface area (Å²) in [6.07, 6.45) is 0. The predicted octanol–water partition coefficient (Wildman–Crippen LogP) is 8.32. The van der Waals surface area contributed by atoms with Crippen LogP contribution in [-0.4, -0.2) is 27.0 Å². The Hall–Kier alpha value is -3.34. The van der Waals surface area contributed by atoms with Gasteiger partial charge in [0.1, 0.15) is 5.58 Å². The van der Waals surface area contributed by atoms with Gasteiger partial charge in [0.05, 0.1) is 21.7 Å². The van der Waals surface area contributed by atoms with E-state index in [0.717, 1.165) is 16.9 Å². The van der Waals surface area contributed by atoms with E-state index in [0.29, 0.717) is 36.7 Å². The lowest BCUT2D eigenvalue weighted by Gasteiger charge is -2.24. The van der Waals surface area contributed by atoms with Gasteiger partial charge in [-0.15, -0.1) is 10.2 Å². The number of aromatic nitrogens is 2. The molecule has 40 heavy (non-hydrogen) atoms. The van der Waals surface area contributed by atoms with Crippen LogP contribution in [0.4, 0.5) is 5.13 Å². The third-order valence-electron chi connectivity index (χ3n) is 6.27. The number of hydrogen-bond acceptors (Lipinski definition) is 8. The molecule has 0 fully saturated rings. The highest BCUT2D eigenvalue weighted by molar-refractivity contribution is 8.00. The maximum atomic E-state index is 13.8. The van der Waals surface area contributed by atoms with Crippen molar-refractivity contribution in [3.05, 3.63) is 116 Å². The number of para-hydroxylation sites is 1. The summed E-state index contributed by atoms with van der Waals surface area (Å²) in [7, 11) is 0. The molecule has 5 aromatic rings. The van der Waals surface area contributed by atoms with E-state index < -0.39 is 23.5 Å². The molecule has 0 spiro atoms. The molecule has 6 rings (SSSR count). The lowest BCUT2D eigenvalue weighted by Crippen LogP contribution is -2.31. The summed E-state index contributed by atoms with van der Waals surface area (Å²) in [5.74, 6) is -1.62. The van der Waals surface area contributed by atoms with Gasteiger partial charge in [-0.1, -0.05) is 100 Å². The third-order valence-corrected chi connectivity index (χ3v) is 9.48. The molecule has 3 heterocycles. The number of amides is 1. The van der Waals surface area contributed by atoms with Crippen LogP contribution in [0, 0.1) is 0 Å². The number of ketones is 1. The number of aliphatic hydroxyl groups is 1. The van der Waals surface area contributed by atoms with Crippen molar-refractivity contribution in [2.45, 2.75) is 16.1 Å². The average molecular weight is 629 g/mol. The van der Waals surface area contributed by atoms with Crippen LogP contribution in [-0.2, 0) is 10.5 Å². The van der Waals surface area contributed by atoms with E-state index in [4.69, 9.17) is 39.2 Å². The number of nitrogens with zero attached hydrogens (tertiary/aromatic N) is 3. The minimum atomic E-state index is -1.06. The summed E-state index contributed by atoms with van der Waals surface area (Å²) in [6, 6.07) is 19.9. The number of furan rings is 1. The molecular formula is C28H16Cl3N3O4S2. The number of rotatable bonds is 7. The zero-order valence-electron chi connectivity index (χ0n) is 20.2. The highest BCUT2D eigenvalue weighted by atomic mass is 35.5. The maximum Gasteiger partial charge on any atom is 0.296 e. The van der Waals surface area contributed by atoms with Crippen LogP contribution in [0.1, 0.15) is 27.7 Å².